The molecule has 0 aliphatic carbocycles. The summed E-state index contributed by atoms with van der Waals surface area (Å²) in [6, 6.07) is 0.923. The van der Waals surface area contributed by atoms with Gasteiger partial charge in [-0.3, -0.25) is 0 Å². The maximum atomic E-state index is 12.9. The lowest BCUT2D eigenvalue weighted by molar-refractivity contribution is -0.0888. The minimum absolute atomic E-state index is 0.0179. The number of aromatic nitrogens is 2. The van der Waals surface area contributed by atoms with Gasteiger partial charge < -0.3 is 9.47 Å². The first kappa shape index (κ1) is 23.8. The molecule has 0 spiro atoms. The third-order valence-electron chi connectivity index (χ3n) is 3.88. The van der Waals surface area contributed by atoms with Gasteiger partial charge in [-0.25, -0.2) is 14.5 Å². The number of carbonyl (C=O) groups is 1. The zero-order valence-corrected chi connectivity index (χ0v) is 17.8. The van der Waals surface area contributed by atoms with Crippen LogP contribution in [0.3, 0.4) is 0 Å². The number of rotatable bonds is 9. The first-order valence-corrected chi connectivity index (χ1v) is 12.2. The van der Waals surface area contributed by atoms with Gasteiger partial charge in [0.25, 0.3) is 0 Å². The summed E-state index contributed by atoms with van der Waals surface area (Å²) in [5.41, 5.74) is -1.31. The largest absolute Gasteiger partial charge is 0.464 e. The lowest BCUT2D eigenvalue weighted by atomic mass is 10.1. The van der Waals surface area contributed by atoms with E-state index in [4.69, 9.17) is 4.74 Å². The van der Waals surface area contributed by atoms with Crippen molar-refractivity contribution in [3.05, 3.63) is 29.0 Å². The van der Waals surface area contributed by atoms with Crippen molar-refractivity contribution < 1.29 is 27.4 Å². The molecule has 0 saturated carbocycles. The highest BCUT2D eigenvalue weighted by atomic mass is 28.3. The molecule has 1 aromatic rings. The molecule has 0 aromatic carbocycles. The fourth-order valence-corrected chi connectivity index (χ4v) is 2.92. The number of carbonyl (C=O) groups excluding carboxylic acids is 1. The van der Waals surface area contributed by atoms with Crippen molar-refractivity contribution in [1.29, 1.82) is 0 Å². The molecule has 28 heavy (non-hydrogen) atoms. The molecule has 0 aliphatic heterocycles. The quantitative estimate of drug-likeness (QED) is 0.190. The predicted octanol–water partition coefficient (Wildman–Crippen LogP) is 4.84. The van der Waals surface area contributed by atoms with E-state index >= 15 is 0 Å². The van der Waals surface area contributed by atoms with Crippen molar-refractivity contribution in [2.45, 2.75) is 45.5 Å². The Hall–Kier alpha value is -2.20. The van der Waals surface area contributed by atoms with Crippen molar-refractivity contribution in [3.63, 3.8) is 0 Å². The molecular formula is C18H26F3N3O3Si. The van der Waals surface area contributed by atoms with Gasteiger partial charge in [0.05, 0.1) is 18.2 Å². The standard InChI is InChI=1S/C18H26F3N3O3Si/c1-12(13(2)18(19,20)21)10-14-15(17(25)26-4)23-24(16(14)22-3)11-27-8-9-28(5,6)7/h10H,2-3,8-9,11H2,1,4-7H3/b12-10+. The SMILES string of the molecule is C=Nc1c(/C=C(\C)C(=C)C(F)(F)F)c(C(=O)OC)nn1COCC[Si](C)(C)C. The molecule has 0 N–H and O–H groups in total. The molecule has 0 atom stereocenters. The number of methoxy groups -OCH3 is 1. The second-order valence-electron chi connectivity index (χ2n) is 7.39. The number of esters is 1. The third-order valence-corrected chi connectivity index (χ3v) is 5.58. The molecule has 1 aromatic heterocycles. The number of alkyl halides is 3. The zero-order chi connectivity index (χ0) is 21.7. The second kappa shape index (κ2) is 9.33. The molecule has 0 bridgehead atoms. The number of nitrogens with zero attached hydrogens (tertiary/aromatic N) is 3. The molecule has 10 heteroatoms. The van der Waals surface area contributed by atoms with E-state index in [1.807, 2.05) is 0 Å². The van der Waals surface area contributed by atoms with Gasteiger partial charge in [0.2, 0.25) is 0 Å². The molecular weight excluding hydrogens is 391 g/mol. The van der Waals surface area contributed by atoms with Gasteiger partial charge in [-0.1, -0.05) is 26.2 Å². The van der Waals surface area contributed by atoms with E-state index in [2.05, 4.69) is 47.8 Å². The predicted molar refractivity (Wildman–Crippen MR) is 106 cm³/mol. The van der Waals surface area contributed by atoms with Gasteiger partial charge in [0, 0.05) is 14.7 Å². The molecule has 0 amide bonds. The number of aliphatic imine (C=N–C) groups is 1. The summed E-state index contributed by atoms with van der Waals surface area (Å²) >= 11 is 0. The van der Waals surface area contributed by atoms with Crippen LogP contribution in [0, 0.1) is 0 Å². The van der Waals surface area contributed by atoms with Crippen LogP contribution < -0.4 is 0 Å². The van der Waals surface area contributed by atoms with Gasteiger partial charge in [0.15, 0.2) is 11.5 Å². The highest BCUT2D eigenvalue weighted by Crippen LogP contribution is 2.33. The van der Waals surface area contributed by atoms with Crippen molar-refractivity contribution in [2.24, 2.45) is 4.99 Å². The Kier molecular flexibility index (Phi) is 7.94. The minimum atomic E-state index is -4.59. The monoisotopic (exact) mass is 417 g/mol. The van der Waals surface area contributed by atoms with Crippen molar-refractivity contribution >= 4 is 32.7 Å². The number of halogens is 3. The Morgan fingerprint density at radius 3 is 2.43 bits per heavy atom. The molecule has 0 saturated heterocycles. The van der Waals surface area contributed by atoms with Gasteiger partial charge in [0.1, 0.15) is 6.73 Å². The van der Waals surface area contributed by atoms with Crippen molar-refractivity contribution in [1.82, 2.24) is 9.78 Å². The third kappa shape index (κ3) is 6.45. The molecule has 0 fully saturated rings. The Balaban J connectivity index is 3.27. The molecule has 1 rings (SSSR count). The first-order chi connectivity index (χ1) is 12.8. The lowest BCUT2D eigenvalue weighted by Crippen LogP contribution is -2.22. The Morgan fingerprint density at radius 1 is 1.36 bits per heavy atom. The van der Waals surface area contributed by atoms with Gasteiger partial charge in [-0.15, -0.1) is 0 Å². The number of ether oxygens (including phenoxy) is 2. The zero-order valence-electron chi connectivity index (χ0n) is 16.8. The average molecular weight is 418 g/mol. The average Bonchev–Trinajstić information content (AvgIpc) is 2.92. The van der Waals surface area contributed by atoms with E-state index < -0.39 is 25.8 Å². The van der Waals surface area contributed by atoms with Crippen LogP contribution in [0.4, 0.5) is 19.0 Å². The van der Waals surface area contributed by atoms with Gasteiger partial charge in [-0.2, -0.15) is 18.3 Å². The molecule has 1 heterocycles. The normalized spacial score (nSPS) is 12.8. The molecule has 156 valence electrons. The maximum absolute atomic E-state index is 12.9. The van der Waals surface area contributed by atoms with Gasteiger partial charge in [-0.05, 0) is 31.3 Å². The summed E-state index contributed by atoms with van der Waals surface area (Å²) in [5, 5.41) is 4.10. The summed E-state index contributed by atoms with van der Waals surface area (Å²) in [7, 11) is -0.135. The molecule has 0 radical (unpaired) electrons. The van der Waals surface area contributed by atoms with Crippen LogP contribution in [-0.4, -0.2) is 50.4 Å². The smallest absolute Gasteiger partial charge is 0.416 e. The van der Waals surface area contributed by atoms with Crippen LogP contribution in [0.2, 0.25) is 25.7 Å². The van der Waals surface area contributed by atoms with Crippen LogP contribution in [0.25, 0.3) is 6.08 Å². The van der Waals surface area contributed by atoms with Crippen LogP contribution in [-0.2, 0) is 16.2 Å². The van der Waals surface area contributed by atoms with E-state index in [1.165, 1.54) is 11.6 Å². The molecule has 0 aliphatic rings. The number of hydrogen-bond acceptors (Lipinski definition) is 5. The van der Waals surface area contributed by atoms with E-state index in [-0.39, 0.29) is 29.4 Å². The summed E-state index contributed by atoms with van der Waals surface area (Å²) in [6.45, 7) is 14.8. The molecule has 0 unspecified atom stereocenters. The lowest BCUT2D eigenvalue weighted by Gasteiger charge is -2.15. The van der Waals surface area contributed by atoms with E-state index in [9.17, 15) is 18.0 Å². The summed E-state index contributed by atoms with van der Waals surface area (Å²) < 4.78 is 50.3. The maximum Gasteiger partial charge on any atom is 0.416 e. The topological polar surface area (TPSA) is 65.7 Å². The second-order valence-corrected chi connectivity index (χ2v) is 13.0. The van der Waals surface area contributed by atoms with Crippen molar-refractivity contribution in [3.8, 4) is 0 Å². The summed E-state index contributed by atoms with van der Waals surface area (Å²) in [4.78, 5) is 15.9. The van der Waals surface area contributed by atoms with Crippen molar-refractivity contribution in [2.75, 3.05) is 13.7 Å². The molecule has 6 nitrogen and oxygen atoms in total. The van der Waals surface area contributed by atoms with Crippen LogP contribution in [0.15, 0.2) is 22.7 Å². The highest BCUT2D eigenvalue weighted by Gasteiger charge is 2.33. The van der Waals surface area contributed by atoms with Crippen LogP contribution >= 0.6 is 0 Å². The Bertz CT molecular complexity index is 778. The fraction of sp³-hybridized carbons (Fsp3) is 0.500. The number of hydrogen-bond donors (Lipinski definition) is 0. The van der Waals surface area contributed by atoms with E-state index in [0.29, 0.717) is 6.61 Å². The minimum Gasteiger partial charge on any atom is -0.464 e. The summed E-state index contributed by atoms with van der Waals surface area (Å²) in [6.07, 6.45) is -3.44. The Labute approximate surface area is 163 Å². The van der Waals surface area contributed by atoms with E-state index in [1.54, 1.807) is 0 Å². The Morgan fingerprint density at radius 2 is 1.96 bits per heavy atom. The first-order valence-electron chi connectivity index (χ1n) is 8.50. The van der Waals surface area contributed by atoms with E-state index in [0.717, 1.165) is 19.2 Å². The highest BCUT2D eigenvalue weighted by molar-refractivity contribution is 6.76. The summed E-state index contributed by atoms with van der Waals surface area (Å²) in [5.74, 6) is -0.690. The fourth-order valence-electron chi connectivity index (χ4n) is 2.16. The number of allylic oxidation sites excluding steroid dienone is 2. The van der Waals surface area contributed by atoms with Crippen LogP contribution in [0.1, 0.15) is 23.0 Å². The van der Waals surface area contributed by atoms with Gasteiger partial charge >= 0.3 is 12.1 Å². The van der Waals surface area contributed by atoms with Crippen LogP contribution in [0.5, 0.6) is 0 Å².